The molecule has 0 fully saturated rings. The van der Waals surface area contributed by atoms with Crippen LogP contribution in [-0.4, -0.2) is 28.4 Å². The number of hydrazone groups is 1. The highest BCUT2D eigenvalue weighted by Gasteiger charge is 2.12. The highest BCUT2D eigenvalue weighted by molar-refractivity contribution is 7.13. The van der Waals surface area contributed by atoms with Crippen molar-refractivity contribution in [2.45, 2.75) is 0 Å². The van der Waals surface area contributed by atoms with Gasteiger partial charge in [-0.25, -0.2) is 14.5 Å². The van der Waals surface area contributed by atoms with Crippen molar-refractivity contribution >= 4 is 29.1 Å². The zero-order valence-corrected chi connectivity index (χ0v) is 16.6. The van der Waals surface area contributed by atoms with E-state index < -0.39 is 0 Å². The van der Waals surface area contributed by atoms with Gasteiger partial charge >= 0.3 is 0 Å². The molecule has 2 aromatic heterocycles. The maximum Gasteiger partial charge on any atom is 0.259 e. The normalized spacial score (nSPS) is 11.0. The maximum absolute atomic E-state index is 12.9. The van der Waals surface area contributed by atoms with Gasteiger partial charge in [0.25, 0.3) is 5.91 Å². The average molecular weight is 419 g/mol. The predicted molar refractivity (Wildman–Crippen MR) is 118 cm³/mol. The molecule has 0 spiro atoms. The van der Waals surface area contributed by atoms with Gasteiger partial charge in [-0.15, -0.1) is 11.3 Å². The lowest BCUT2D eigenvalue weighted by atomic mass is 10.2. The third-order valence-electron chi connectivity index (χ3n) is 4.21. The molecule has 0 aliphatic heterocycles. The minimum Gasteiger partial charge on any atom is -0.376 e. The molecular weight excluding hydrogens is 401 g/mol. The maximum atomic E-state index is 12.9. The van der Waals surface area contributed by atoms with E-state index in [2.05, 4.69) is 20.9 Å². The van der Waals surface area contributed by atoms with Crippen LogP contribution in [0, 0.1) is 5.82 Å². The number of thiophene rings is 1. The summed E-state index contributed by atoms with van der Waals surface area (Å²) in [5, 5.41) is 13.7. The first kappa shape index (κ1) is 19.5. The van der Waals surface area contributed by atoms with Crippen LogP contribution in [0.1, 0.15) is 5.56 Å². The second-order valence-corrected chi connectivity index (χ2v) is 7.29. The summed E-state index contributed by atoms with van der Waals surface area (Å²) in [4.78, 5) is 13.0. The lowest BCUT2D eigenvalue weighted by Crippen LogP contribution is -2.25. The Morgan fingerprint density at radius 1 is 1.10 bits per heavy atom. The molecule has 0 radical (unpaired) electrons. The van der Waals surface area contributed by atoms with E-state index in [9.17, 15) is 9.18 Å². The van der Waals surface area contributed by atoms with Gasteiger partial charge in [0.2, 0.25) is 0 Å². The van der Waals surface area contributed by atoms with Gasteiger partial charge in [0.05, 0.1) is 23.3 Å². The topological polar surface area (TPSA) is 71.3 Å². The first-order valence-electron chi connectivity index (χ1n) is 9.19. The molecule has 1 amide bonds. The third kappa shape index (κ3) is 4.79. The number of aromatic nitrogens is 2. The summed E-state index contributed by atoms with van der Waals surface area (Å²) in [6.45, 7) is 0.0179. The van der Waals surface area contributed by atoms with Gasteiger partial charge in [-0.3, -0.25) is 4.79 Å². The van der Waals surface area contributed by atoms with Crippen LogP contribution >= 0.6 is 11.3 Å². The number of hydrogen-bond donors (Lipinski definition) is 2. The summed E-state index contributed by atoms with van der Waals surface area (Å²) in [5.74, 6) is -0.643. The summed E-state index contributed by atoms with van der Waals surface area (Å²) < 4.78 is 14.7. The van der Waals surface area contributed by atoms with Gasteiger partial charge < -0.3 is 5.32 Å². The summed E-state index contributed by atoms with van der Waals surface area (Å²) in [6.07, 6.45) is 3.45. The molecule has 0 bridgehead atoms. The SMILES string of the molecule is O=C(CNc1ccc(F)cc1)N/N=C\c1cn(-c2ccccc2)nc1-c1cccs1. The fourth-order valence-electron chi connectivity index (χ4n) is 2.76. The number of nitrogens with zero attached hydrogens (tertiary/aromatic N) is 3. The average Bonchev–Trinajstić information content (AvgIpc) is 3.44. The Balaban J connectivity index is 1.45. The summed E-state index contributed by atoms with van der Waals surface area (Å²) >= 11 is 1.58. The van der Waals surface area contributed by atoms with Crippen molar-refractivity contribution in [3.63, 3.8) is 0 Å². The number of rotatable bonds is 7. The fraction of sp³-hybridized carbons (Fsp3) is 0.0455. The van der Waals surface area contributed by atoms with Gasteiger partial charge in [-0.05, 0) is 47.8 Å². The Morgan fingerprint density at radius 2 is 1.90 bits per heavy atom. The van der Waals surface area contributed by atoms with Crippen molar-refractivity contribution in [3.05, 3.63) is 89.7 Å². The van der Waals surface area contributed by atoms with Crippen LogP contribution in [0.4, 0.5) is 10.1 Å². The van der Waals surface area contributed by atoms with Crippen molar-refractivity contribution in [2.24, 2.45) is 5.10 Å². The molecule has 8 heteroatoms. The molecule has 0 aliphatic rings. The van der Waals surface area contributed by atoms with E-state index in [4.69, 9.17) is 0 Å². The fourth-order valence-corrected chi connectivity index (χ4v) is 3.49. The molecule has 30 heavy (non-hydrogen) atoms. The van der Waals surface area contributed by atoms with Crippen molar-refractivity contribution in [3.8, 4) is 16.3 Å². The third-order valence-corrected chi connectivity index (χ3v) is 5.08. The van der Waals surface area contributed by atoms with E-state index in [-0.39, 0.29) is 18.3 Å². The molecule has 2 N–H and O–H groups in total. The second-order valence-electron chi connectivity index (χ2n) is 6.34. The second kappa shape index (κ2) is 9.15. The van der Waals surface area contributed by atoms with E-state index in [1.165, 1.54) is 12.1 Å². The molecule has 4 rings (SSSR count). The highest BCUT2D eigenvalue weighted by atomic mass is 32.1. The molecule has 4 aromatic rings. The lowest BCUT2D eigenvalue weighted by Gasteiger charge is -2.04. The van der Waals surface area contributed by atoms with Crippen molar-refractivity contribution in [2.75, 3.05) is 11.9 Å². The Labute approximate surface area is 176 Å². The molecule has 150 valence electrons. The number of halogens is 1. The summed E-state index contributed by atoms with van der Waals surface area (Å²) in [7, 11) is 0. The molecule has 0 saturated heterocycles. The number of nitrogens with one attached hydrogen (secondary N) is 2. The van der Waals surface area contributed by atoms with E-state index in [0.717, 1.165) is 21.8 Å². The van der Waals surface area contributed by atoms with Crippen LogP contribution in [0.3, 0.4) is 0 Å². The standard InChI is InChI=1S/C22H18FN5OS/c23-17-8-10-18(11-9-17)24-14-21(29)26-25-13-16-15-28(19-5-2-1-3-6-19)27-22(16)20-7-4-12-30-20/h1-13,15,24H,14H2,(H,26,29)/b25-13-. The predicted octanol–water partition coefficient (Wildman–Crippen LogP) is 4.30. The smallest absolute Gasteiger partial charge is 0.259 e. The zero-order valence-electron chi connectivity index (χ0n) is 15.8. The Bertz CT molecular complexity index is 1140. The van der Waals surface area contributed by atoms with E-state index >= 15 is 0 Å². The first-order valence-corrected chi connectivity index (χ1v) is 10.1. The monoisotopic (exact) mass is 419 g/mol. The van der Waals surface area contributed by atoms with E-state index in [1.54, 1.807) is 34.4 Å². The molecular formula is C22H18FN5OS. The number of amides is 1. The van der Waals surface area contributed by atoms with Gasteiger partial charge in [-0.1, -0.05) is 24.3 Å². The Hall–Kier alpha value is -3.78. The minimum absolute atomic E-state index is 0.0179. The number of anilines is 1. The minimum atomic E-state index is -0.327. The zero-order chi connectivity index (χ0) is 20.8. The Kier molecular flexibility index (Phi) is 5.95. The van der Waals surface area contributed by atoms with Crippen LogP contribution in [0.15, 0.2) is 83.4 Å². The van der Waals surface area contributed by atoms with Crippen LogP contribution in [0.2, 0.25) is 0 Å². The quantitative estimate of drug-likeness (QED) is 0.347. The van der Waals surface area contributed by atoms with Crippen molar-refractivity contribution in [1.29, 1.82) is 0 Å². The Morgan fingerprint density at radius 3 is 2.63 bits per heavy atom. The number of benzene rings is 2. The van der Waals surface area contributed by atoms with Crippen LogP contribution in [0.25, 0.3) is 16.3 Å². The highest BCUT2D eigenvalue weighted by Crippen LogP contribution is 2.26. The number of para-hydroxylation sites is 1. The molecule has 0 saturated carbocycles. The van der Waals surface area contributed by atoms with Crippen molar-refractivity contribution in [1.82, 2.24) is 15.2 Å². The van der Waals surface area contributed by atoms with Gasteiger partial charge in [0.1, 0.15) is 11.5 Å². The summed E-state index contributed by atoms with van der Waals surface area (Å²) in [6, 6.07) is 19.5. The van der Waals surface area contributed by atoms with Gasteiger partial charge in [-0.2, -0.15) is 10.2 Å². The first-order chi connectivity index (χ1) is 14.7. The molecule has 0 atom stereocenters. The molecule has 6 nitrogen and oxygen atoms in total. The molecule has 0 unspecified atom stereocenters. The summed E-state index contributed by atoms with van der Waals surface area (Å²) in [5.41, 5.74) is 5.65. The van der Waals surface area contributed by atoms with Crippen LogP contribution in [-0.2, 0) is 4.79 Å². The molecule has 2 aromatic carbocycles. The van der Waals surface area contributed by atoms with Gasteiger partial charge in [0, 0.05) is 17.4 Å². The number of hydrogen-bond acceptors (Lipinski definition) is 5. The molecule has 2 heterocycles. The van der Waals surface area contributed by atoms with E-state index in [0.29, 0.717) is 5.69 Å². The van der Waals surface area contributed by atoms with Crippen LogP contribution < -0.4 is 10.7 Å². The number of carbonyl (C=O) groups is 1. The van der Waals surface area contributed by atoms with E-state index in [1.807, 2.05) is 54.0 Å². The number of carbonyl (C=O) groups excluding carboxylic acids is 1. The molecule has 0 aliphatic carbocycles. The van der Waals surface area contributed by atoms with Crippen LogP contribution in [0.5, 0.6) is 0 Å². The lowest BCUT2D eigenvalue weighted by molar-refractivity contribution is -0.119. The van der Waals surface area contributed by atoms with Crippen molar-refractivity contribution < 1.29 is 9.18 Å². The van der Waals surface area contributed by atoms with Gasteiger partial charge in [0.15, 0.2) is 0 Å². The largest absolute Gasteiger partial charge is 0.376 e.